The topological polar surface area (TPSA) is 66.8 Å². The number of carboxylic acids is 1. The molecule has 23 heavy (non-hydrogen) atoms. The highest BCUT2D eigenvalue weighted by atomic mass is 16.6. The van der Waals surface area contributed by atoms with Gasteiger partial charge in [0.05, 0.1) is 5.92 Å². The van der Waals surface area contributed by atoms with Gasteiger partial charge in [0.2, 0.25) is 0 Å². The Labute approximate surface area is 136 Å². The standard InChI is InChI=1S/C18H23NO4/c20-17(21)15-8-4-10-16-14(15)9-5-11-19(16)18(22)23-12-13-6-2-1-3-7-13/h1-3,6-7,14-16H,4-5,8-12H2,(H,20,21). The van der Waals surface area contributed by atoms with Gasteiger partial charge in [-0.15, -0.1) is 0 Å². The predicted molar refractivity (Wildman–Crippen MR) is 84.8 cm³/mol. The van der Waals surface area contributed by atoms with Crippen LogP contribution in [0.5, 0.6) is 0 Å². The second kappa shape index (κ2) is 7.02. The summed E-state index contributed by atoms with van der Waals surface area (Å²) in [4.78, 5) is 25.7. The molecule has 1 heterocycles. The van der Waals surface area contributed by atoms with E-state index in [9.17, 15) is 14.7 Å². The Kier molecular flexibility index (Phi) is 4.84. The smallest absolute Gasteiger partial charge is 0.410 e. The highest BCUT2D eigenvalue weighted by Crippen LogP contribution is 2.39. The maximum absolute atomic E-state index is 12.5. The molecular weight excluding hydrogens is 294 g/mol. The van der Waals surface area contributed by atoms with Crippen molar-refractivity contribution < 1.29 is 19.4 Å². The van der Waals surface area contributed by atoms with Crippen LogP contribution in [0, 0.1) is 11.8 Å². The lowest BCUT2D eigenvalue weighted by molar-refractivity contribution is -0.147. The van der Waals surface area contributed by atoms with E-state index in [1.165, 1.54) is 0 Å². The van der Waals surface area contributed by atoms with Gasteiger partial charge in [-0.1, -0.05) is 36.8 Å². The minimum absolute atomic E-state index is 0.0156. The van der Waals surface area contributed by atoms with E-state index in [1.54, 1.807) is 4.90 Å². The molecule has 1 aliphatic carbocycles. The summed E-state index contributed by atoms with van der Waals surface area (Å²) in [6.07, 6.45) is 3.91. The molecule has 1 amide bonds. The molecule has 1 N–H and O–H groups in total. The zero-order valence-electron chi connectivity index (χ0n) is 13.2. The fourth-order valence-electron chi connectivity index (χ4n) is 4.02. The van der Waals surface area contributed by atoms with E-state index in [-0.39, 0.29) is 30.6 Å². The third kappa shape index (κ3) is 3.49. The number of carbonyl (C=O) groups is 2. The summed E-state index contributed by atoms with van der Waals surface area (Å²) in [5.41, 5.74) is 0.960. The van der Waals surface area contributed by atoms with Gasteiger partial charge in [0.1, 0.15) is 6.61 Å². The largest absolute Gasteiger partial charge is 0.481 e. The van der Waals surface area contributed by atoms with Crippen LogP contribution in [0.25, 0.3) is 0 Å². The first-order chi connectivity index (χ1) is 11.2. The first kappa shape index (κ1) is 15.8. The number of amides is 1. The van der Waals surface area contributed by atoms with Crippen LogP contribution in [0.15, 0.2) is 30.3 Å². The molecule has 2 fully saturated rings. The number of aliphatic carboxylic acids is 1. The molecule has 3 atom stereocenters. The van der Waals surface area contributed by atoms with Crippen molar-refractivity contribution in [3.63, 3.8) is 0 Å². The molecule has 3 rings (SSSR count). The third-order valence-corrected chi connectivity index (χ3v) is 5.12. The number of fused-ring (bicyclic) bond motifs is 1. The number of carboxylic acid groups (broad SMARTS) is 1. The minimum atomic E-state index is -0.723. The average Bonchev–Trinajstić information content (AvgIpc) is 2.59. The molecule has 1 aliphatic heterocycles. The van der Waals surface area contributed by atoms with Gasteiger partial charge in [-0.25, -0.2) is 4.79 Å². The first-order valence-corrected chi connectivity index (χ1v) is 8.37. The Bertz CT molecular complexity index is 559. The van der Waals surface area contributed by atoms with Gasteiger partial charge in [0.15, 0.2) is 0 Å². The summed E-state index contributed by atoms with van der Waals surface area (Å²) >= 11 is 0. The van der Waals surface area contributed by atoms with Crippen molar-refractivity contribution in [2.24, 2.45) is 11.8 Å². The molecular formula is C18H23NO4. The summed E-state index contributed by atoms with van der Waals surface area (Å²) in [6.45, 7) is 0.928. The van der Waals surface area contributed by atoms with E-state index in [4.69, 9.17) is 4.74 Å². The van der Waals surface area contributed by atoms with E-state index < -0.39 is 5.97 Å². The second-order valence-electron chi connectivity index (χ2n) is 6.48. The summed E-state index contributed by atoms with van der Waals surface area (Å²) in [7, 11) is 0. The molecule has 0 aromatic heterocycles. The van der Waals surface area contributed by atoms with Crippen molar-refractivity contribution in [1.82, 2.24) is 4.90 Å². The van der Waals surface area contributed by atoms with Crippen molar-refractivity contribution in [3.8, 4) is 0 Å². The van der Waals surface area contributed by atoms with Crippen LogP contribution < -0.4 is 0 Å². The number of hydrogen-bond donors (Lipinski definition) is 1. The fraction of sp³-hybridized carbons (Fsp3) is 0.556. The van der Waals surface area contributed by atoms with Gasteiger partial charge in [0.25, 0.3) is 0 Å². The zero-order valence-corrected chi connectivity index (χ0v) is 13.2. The number of ether oxygens (including phenoxy) is 1. The number of carbonyl (C=O) groups excluding carboxylic acids is 1. The molecule has 1 aromatic carbocycles. The molecule has 0 spiro atoms. The van der Waals surface area contributed by atoms with Gasteiger partial charge in [-0.3, -0.25) is 4.79 Å². The van der Waals surface area contributed by atoms with E-state index in [2.05, 4.69) is 0 Å². The van der Waals surface area contributed by atoms with Gasteiger partial charge >= 0.3 is 12.1 Å². The lowest BCUT2D eigenvalue weighted by atomic mass is 9.71. The van der Waals surface area contributed by atoms with Crippen molar-refractivity contribution >= 4 is 12.1 Å². The van der Waals surface area contributed by atoms with Crippen LogP contribution in [0.2, 0.25) is 0 Å². The van der Waals surface area contributed by atoms with E-state index in [0.717, 1.165) is 37.7 Å². The van der Waals surface area contributed by atoms with E-state index >= 15 is 0 Å². The molecule has 5 heteroatoms. The maximum Gasteiger partial charge on any atom is 0.410 e. The summed E-state index contributed by atoms with van der Waals surface area (Å²) in [5.74, 6) is -0.975. The summed E-state index contributed by atoms with van der Waals surface area (Å²) in [6, 6.07) is 9.62. The summed E-state index contributed by atoms with van der Waals surface area (Å²) < 4.78 is 5.45. The monoisotopic (exact) mass is 317 g/mol. The average molecular weight is 317 g/mol. The highest BCUT2D eigenvalue weighted by Gasteiger charge is 2.43. The lowest BCUT2D eigenvalue weighted by Gasteiger charge is -2.45. The number of benzene rings is 1. The van der Waals surface area contributed by atoms with Crippen LogP contribution in [0.3, 0.4) is 0 Å². The molecule has 2 aliphatic rings. The Balaban J connectivity index is 1.64. The quantitative estimate of drug-likeness (QED) is 0.929. The zero-order chi connectivity index (χ0) is 16.2. The van der Waals surface area contributed by atoms with Crippen LogP contribution in [0.1, 0.15) is 37.7 Å². The Hall–Kier alpha value is -2.04. The number of piperidine rings is 1. The van der Waals surface area contributed by atoms with Crippen molar-refractivity contribution in [1.29, 1.82) is 0 Å². The predicted octanol–water partition coefficient (Wildman–Crippen LogP) is 3.29. The Morgan fingerprint density at radius 3 is 2.65 bits per heavy atom. The Morgan fingerprint density at radius 1 is 1.13 bits per heavy atom. The third-order valence-electron chi connectivity index (χ3n) is 5.12. The van der Waals surface area contributed by atoms with Crippen molar-refractivity contribution in [3.05, 3.63) is 35.9 Å². The molecule has 124 valence electrons. The molecule has 0 bridgehead atoms. The number of nitrogens with zero attached hydrogens (tertiary/aromatic N) is 1. The van der Waals surface area contributed by atoms with Crippen molar-refractivity contribution in [2.45, 2.75) is 44.8 Å². The molecule has 1 saturated carbocycles. The molecule has 0 radical (unpaired) electrons. The van der Waals surface area contributed by atoms with E-state index in [1.807, 2.05) is 30.3 Å². The number of hydrogen-bond acceptors (Lipinski definition) is 3. The Morgan fingerprint density at radius 2 is 1.91 bits per heavy atom. The molecule has 1 aromatic rings. The van der Waals surface area contributed by atoms with Crippen LogP contribution in [0.4, 0.5) is 4.79 Å². The number of rotatable bonds is 3. The summed E-state index contributed by atoms with van der Waals surface area (Å²) in [5, 5.41) is 9.42. The van der Waals surface area contributed by atoms with Crippen LogP contribution in [-0.4, -0.2) is 34.7 Å². The molecule has 1 saturated heterocycles. The maximum atomic E-state index is 12.5. The molecule has 3 unspecified atom stereocenters. The molecule has 5 nitrogen and oxygen atoms in total. The van der Waals surface area contributed by atoms with E-state index in [0.29, 0.717) is 6.54 Å². The van der Waals surface area contributed by atoms with Crippen LogP contribution in [-0.2, 0) is 16.1 Å². The van der Waals surface area contributed by atoms with Crippen molar-refractivity contribution in [2.75, 3.05) is 6.54 Å². The van der Waals surface area contributed by atoms with Crippen LogP contribution >= 0.6 is 0 Å². The number of likely N-dealkylation sites (tertiary alicyclic amines) is 1. The highest BCUT2D eigenvalue weighted by molar-refractivity contribution is 5.72. The van der Waals surface area contributed by atoms with Gasteiger partial charge < -0.3 is 14.7 Å². The fourth-order valence-corrected chi connectivity index (χ4v) is 4.02. The second-order valence-corrected chi connectivity index (χ2v) is 6.48. The van der Waals surface area contributed by atoms with Gasteiger partial charge in [0, 0.05) is 12.6 Å². The SMILES string of the molecule is O=C(O)C1CCCC2C1CCCN2C(=O)OCc1ccccc1. The lowest BCUT2D eigenvalue weighted by Crippen LogP contribution is -2.53. The van der Waals surface area contributed by atoms with Gasteiger partial charge in [-0.2, -0.15) is 0 Å². The van der Waals surface area contributed by atoms with Gasteiger partial charge in [-0.05, 0) is 37.2 Å². The normalized spacial score (nSPS) is 27.1. The first-order valence-electron chi connectivity index (χ1n) is 8.37. The minimum Gasteiger partial charge on any atom is -0.481 e.